The highest BCUT2D eigenvalue weighted by molar-refractivity contribution is 6.24. The Labute approximate surface area is 174 Å². The van der Waals surface area contributed by atoms with Crippen LogP contribution in [0, 0.1) is 0 Å². The van der Waals surface area contributed by atoms with E-state index in [1.54, 1.807) is 18.2 Å². The van der Waals surface area contributed by atoms with Gasteiger partial charge in [0.15, 0.2) is 0 Å². The number of nitrogens with zero attached hydrogens (tertiary/aromatic N) is 2. The molecule has 4 rings (SSSR count). The molecule has 3 aliphatic heterocycles. The van der Waals surface area contributed by atoms with Gasteiger partial charge in [0, 0.05) is 26.1 Å². The molecule has 9 nitrogen and oxygen atoms in total. The van der Waals surface area contributed by atoms with Gasteiger partial charge in [-0.25, -0.2) is 0 Å². The number of benzene rings is 1. The van der Waals surface area contributed by atoms with Crippen LogP contribution >= 0.6 is 0 Å². The van der Waals surface area contributed by atoms with Crippen LogP contribution in [0.25, 0.3) is 0 Å². The van der Waals surface area contributed by atoms with Crippen molar-refractivity contribution >= 4 is 23.6 Å². The van der Waals surface area contributed by atoms with Gasteiger partial charge in [0.05, 0.1) is 17.7 Å². The lowest BCUT2D eigenvalue weighted by molar-refractivity contribution is -0.136. The topological polar surface area (TPSA) is 108 Å². The quantitative estimate of drug-likeness (QED) is 0.504. The Morgan fingerprint density at radius 3 is 2.77 bits per heavy atom. The van der Waals surface area contributed by atoms with Crippen LogP contribution in [0.4, 0.5) is 0 Å². The molecule has 1 aromatic carbocycles. The standard InChI is InChI=1S/C21H26N4O5/c26-17-7-6-15(19(27)23-17)25-20(28)14-4-1-5-16(18(14)21(25)29)30-13-3-11-24-10-2-8-22-9-12-24/h1,4-5,15,22H,2-3,6-13H2,(H,23,26,27). The van der Waals surface area contributed by atoms with Gasteiger partial charge in [-0.3, -0.25) is 29.4 Å². The van der Waals surface area contributed by atoms with E-state index in [-0.39, 0.29) is 24.0 Å². The van der Waals surface area contributed by atoms with Gasteiger partial charge < -0.3 is 15.0 Å². The lowest BCUT2D eigenvalue weighted by Gasteiger charge is -2.27. The predicted molar refractivity (Wildman–Crippen MR) is 107 cm³/mol. The summed E-state index contributed by atoms with van der Waals surface area (Å²) in [5.74, 6) is -1.71. The van der Waals surface area contributed by atoms with Crippen LogP contribution in [0.3, 0.4) is 0 Å². The van der Waals surface area contributed by atoms with Crippen LogP contribution in [0.1, 0.15) is 46.4 Å². The smallest absolute Gasteiger partial charge is 0.266 e. The summed E-state index contributed by atoms with van der Waals surface area (Å²) in [6, 6.07) is 3.94. The van der Waals surface area contributed by atoms with Gasteiger partial charge in [0.1, 0.15) is 11.8 Å². The van der Waals surface area contributed by atoms with Crippen molar-refractivity contribution < 1.29 is 23.9 Å². The fourth-order valence-electron chi connectivity index (χ4n) is 4.20. The number of carbonyl (C=O) groups excluding carboxylic acids is 4. The van der Waals surface area contributed by atoms with E-state index >= 15 is 0 Å². The molecule has 0 saturated carbocycles. The van der Waals surface area contributed by atoms with Crippen LogP contribution in [0.5, 0.6) is 5.75 Å². The number of nitrogens with one attached hydrogen (secondary N) is 2. The molecule has 2 fully saturated rings. The monoisotopic (exact) mass is 414 g/mol. The van der Waals surface area contributed by atoms with Crippen molar-refractivity contribution in [3.63, 3.8) is 0 Å². The zero-order chi connectivity index (χ0) is 21.1. The predicted octanol–water partition coefficient (Wildman–Crippen LogP) is 0.152. The number of ether oxygens (including phenoxy) is 1. The summed E-state index contributed by atoms with van der Waals surface area (Å²) < 4.78 is 5.87. The van der Waals surface area contributed by atoms with Crippen molar-refractivity contribution in [1.29, 1.82) is 0 Å². The van der Waals surface area contributed by atoms with Crippen molar-refractivity contribution in [2.75, 3.05) is 39.3 Å². The third kappa shape index (κ3) is 4.08. The Balaban J connectivity index is 1.41. The lowest BCUT2D eigenvalue weighted by Crippen LogP contribution is -2.54. The number of hydrogen-bond acceptors (Lipinski definition) is 7. The summed E-state index contributed by atoms with van der Waals surface area (Å²) in [5, 5.41) is 5.58. The van der Waals surface area contributed by atoms with E-state index in [1.165, 1.54) is 0 Å². The molecule has 30 heavy (non-hydrogen) atoms. The Bertz CT molecular complexity index is 863. The number of amides is 4. The first-order chi connectivity index (χ1) is 14.6. The molecule has 1 aromatic rings. The molecule has 0 bridgehead atoms. The molecule has 4 amide bonds. The van der Waals surface area contributed by atoms with Crippen molar-refractivity contribution in [2.45, 2.75) is 31.7 Å². The molecule has 3 heterocycles. The number of hydrogen-bond donors (Lipinski definition) is 2. The number of fused-ring (bicyclic) bond motifs is 1. The van der Waals surface area contributed by atoms with Crippen molar-refractivity contribution in [3.05, 3.63) is 29.3 Å². The molecule has 2 saturated heterocycles. The first-order valence-electron chi connectivity index (χ1n) is 10.5. The molecule has 1 atom stereocenters. The highest BCUT2D eigenvalue weighted by atomic mass is 16.5. The summed E-state index contributed by atoms with van der Waals surface area (Å²) >= 11 is 0. The van der Waals surface area contributed by atoms with Crippen molar-refractivity contribution in [3.8, 4) is 5.75 Å². The fraction of sp³-hybridized carbons (Fsp3) is 0.524. The number of carbonyl (C=O) groups is 4. The third-order valence-corrected chi connectivity index (χ3v) is 5.74. The van der Waals surface area contributed by atoms with Crippen molar-refractivity contribution in [1.82, 2.24) is 20.4 Å². The summed E-state index contributed by atoms with van der Waals surface area (Å²) in [7, 11) is 0. The van der Waals surface area contributed by atoms with E-state index in [4.69, 9.17) is 4.74 Å². The summed E-state index contributed by atoms with van der Waals surface area (Å²) in [5.41, 5.74) is 0.437. The molecule has 2 N–H and O–H groups in total. The molecule has 9 heteroatoms. The molecule has 0 aliphatic carbocycles. The Hall–Kier alpha value is -2.78. The first kappa shape index (κ1) is 20.5. The Kier molecular flexibility index (Phi) is 6.10. The number of rotatable bonds is 6. The minimum Gasteiger partial charge on any atom is -0.493 e. The Morgan fingerprint density at radius 2 is 1.93 bits per heavy atom. The molecule has 0 spiro atoms. The van der Waals surface area contributed by atoms with E-state index in [2.05, 4.69) is 15.5 Å². The van der Waals surface area contributed by atoms with E-state index in [0.29, 0.717) is 12.4 Å². The molecule has 0 radical (unpaired) electrons. The van der Waals surface area contributed by atoms with Crippen LogP contribution in [-0.2, 0) is 9.59 Å². The molecule has 0 aromatic heterocycles. The summed E-state index contributed by atoms with van der Waals surface area (Å²) in [6.45, 7) is 5.44. The zero-order valence-corrected chi connectivity index (χ0v) is 16.8. The van der Waals surface area contributed by atoms with Gasteiger partial charge in [-0.1, -0.05) is 6.07 Å². The van der Waals surface area contributed by atoms with Gasteiger partial charge in [0.25, 0.3) is 11.8 Å². The van der Waals surface area contributed by atoms with Crippen LogP contribution in [-0.4, -0.2) is 78.8 Å². The van der Waals surface area contributed by atoms with Crippen LogP contribution < -0.4 is 15.4 Å². The minimum atomic E-state index is -0.973. The van der Waals surface area contributed by atoms with Crippen LogP contribution in [0.15, 0.2) is 18.2 Å². The van der Waals surface area contributed by atoms with E-state index in [9.17, 15) is 19.2 Å². The summed E-state index contributed by atoms with van der Waals surface area (Å²) in [6.07, 6.45) is 2.17. The largest absolute Gasteiger partial charge is 0.493 e. The Morgan fingerprint density at radius 1 is 1.07 bits per heavy atom. The van der Waals surface area contributed by atoms with Gasteiger partial charge in [-0.2, -0.15) is 0 Å². The second-order valence-corrected chi connectivity index (χ2v) is 7.77. The fourth-order valence-corrected chi connectivity index (χ4v) is 4.20. The minimum absolute atomic E-state index is 0.0964. The van der Waals surface area contributed by atoms with E-state index < -0.39 is 29.7 Å². The maximum atomic E-state index is 13.0. The maximum absolute atomic E-state index is 13.0. The van der Waals surface area contributed by atoms with Gasteiger partial charge in [-0.05, 0) is 44.5 Å². The highest BCUT2D eigenvalue weighted by Gasteiger charge is 2.45. The van der Waals surface area contributed by atoms with Crippen LogP contribution in [0.2, 0.25) is 0 Å². The number of imide groups is 2. The third-order valence-electron chi connectivity index (χ3n) is 5.74. The average molecular weight is 414 g/mol. The second-order valence-electron chi connectivity index (χ2n) is 7.77. The highest BCUT2D eigenvalue weighted by Crippen LogP contribution is 2.33. The molecular formula is C21H26N4O5. The van der Waals surface area contributed by atoms with Gasteiger partial charge >= 0.3 is 0 Å². The van der Waals surface area contributed by atoms with E-state index in [1.807, 2.05) is 0 Å². The molecular weight excluding hydrogens is 388 g/mol. The molecule has 3 aliphatic rings. The summed E-state index contributed by atoms with van der Waals surface area (Å²) in [4.78, 5) is 52.8. The SMILES string of the molecule is O=C1CCC(N2C(=O)c3cccc(OCCCN4CCCNCC4)c3C2=O)C(=O)N1. The maximum Gasteiger partial charge on any atom is 0.266 e. The molecule has 1 unspecified atom stereocenters. The molecule has 160 valence electrons. The van der Waals surface area contributed by atoms with Crippen molar-refractivity contribution in [2.24, 2.45) is 0 Å². The van der Waals surface area contributed by atoms with Gasteiger partial charge in [-0.15, -0.1) is 0 Å². The zero-order valence-electron chi connectivity index (χ0n) is 16.8. The normalized spacial score (nSPS) is 22.7. The number of piperidine rings is 1. The van der Waals surface area contributed by atoms with Gasteiger partial charge in [0.2, 0.25) is 11.8 Å². The lowest BCUT2D eigenvalue weighted by atomic mass is 10.0. The second kappa shape index (κ2) is 8.93. The van der Waals surface area contributed by atoms with E-state index in [0.717, 1.165) is 50.5 Å². The average Bonchev–Trinajstić information content (AvgIpc) is 2.90. The first-order valence-corrected chi connectivity index (χ1v) is 10.5.